The van der Waals surface area contributed by atoms with Gasteiger partial charge in [-0.25, -0.2) is 12.7 Å². The van der Waals surface area contributed by atoms with E-state index in [1.54, 1.807) is 32.0 Å². The summed E-state index contributed by atoms with van der Waals surface area (Å²) in [6.45, 7) is 4.00. The fraction of sp³-hybridized carbons (Fsp3) is 0.350. The Kier molecular flexibility index (Phi) is 5.99. The maximum Gasteiger partial charge on any atom is 0.242 e. The summed E-state index contributed by atoms with van der Waals surface area (Å²) in [6.07, 6.45) is 0. The summed E-state index contributed by atoms with van der Waals surface area (Å²) in [6, 6.07) is 9.98. The van der Waals surface area contributed by atoms with E-state index in [2.05, 4.69) is 10.6 Å². The maximum absolute atomic E-state index is 12.5. The number of ether oxygens (including phenoxy) is 2. The predicted octanol–water partition coefficient (Wildman–Crippen LogP) is 2.09. The Morgan fingerprint density at radius 2 is 1.86 bits per heavy atom. The summed E-state index contributed by atoms with van der Waals surface area (Å²) in [5, 5.41) is 5.92. The van der Waals surface area contributed by atoms with Crippen molar-refractivity contribution in [1.82, 2.24) is 9.62 Å². The summed E-state index contributed by atoms with van der Waals surface area (Å²) in [5.74, 6) is 1.15. The number of fused-ring (bicyclic) bond motifs is 1. The standard InChI is InChI=1S/C20H25N3O5S/c1-13-5-7-16(10-19(13)29(25,26)23(3)4)22-14(2)20(24)21-11-15-6-8-17-18(9-15)28-12-27-17/h5-10,14,22H,11-12H2,1-4H3,(H,21,24)/t14-/m1/s1. The van der Waals surface area contributed by atoms with E-state index in [1.165, 1.54) is 18.4 Å². The van der Waals surface area contributed by atoms with E-state index < -0.39 is 16.1 Å². The second kappa shape index (κ2) is 8.30. The van der Waals surface area contributed by atoms with Gasteiger partial charge in [0.1, 0.15) is 6.04 Å². The molecule has 1 amide bonds. The zero-order valence-electron chi connectivity index (χ0n) is 16.9. The molecule has 0 bridgehead atoms. The molecule has 8 nitrogen and oxygen atoms in total. The van der Waals surface area contributed by atoms with Crippen LogP contribution in [0.2, 0.25) is 0 Å². The van der Waals surface area contributed by atoms with Gasteiger partial charge in [0.2, 0.25) is 22.7 Å². The molecule has 0 spiro atoms. The molecule has 1 atom stereocenters. The number of sulfonamides is 1. The molecule has 156 valence electrons. The smallest absolute Gasteiger partial charge is 0.242 e. The minimum Gasteiger partial charge on any atom is -0.454 e. The van der Waals surface area contributed by atoms with Gasteiger partial charge in [-0.2, -0.15) is 0 Å². The van der Waals surface area contributed by atoms with Gasteiger partial charge in [-0.1, -0.05) is 12.1 Å². The van der Waals surface area contributed by atoms with Crippen LogP contribution in [0.3, 0.4) is 0 Å². The minimum absolute atomic E-state index is 0.203. The molecule has 2 N–H and O–H groups in total. The van der Waals surface area contributed by atoms with E-state index in [0.717, 1.165) is 5.56 Å². The van der Waals surface area contributed by atoms with Crippen LogP contribution in [0.1, 0.15) is 18.1 Å². The zero-order valence-corrected chi connectivity index (χ0v) is 17.7. The average molecular weight is 420 g/mol. The Bertz CT molecular complexity index is 1020. The van der Waals surface area contributed by atoms with Gasteiger partial charge in [0.15, 0.2) is 11.5 Å². The highest BCUT2D eigenvalue weighted by molar-refractivity contribution is 7.89. The van der Waals surface area contributed by atoms with Crippen LogP contribution >= 0.6 is 0 Å². The number of nitrogens with one attached hydrogen (secondary N) is 2. The summed E-state index contributed by atoms with van der Waals surface area (Å²) < 4.78 is 36.7. The first kappa shape index (κ1) is 20.9. The van der Waals surface area contributed by atoms with Crippen LogP contribution in [0.5, 0.6) is 11.5 Å². The molecule has 0 saturated carbocycles. The fourth-order valence-electron chi connectivity index (χ4n) is 2.87. The van der Waals surface area contributed by atoms with Crippen molar-refractivity contribution < 1.29 is 22.7 Å². The molecule has 0 fully saturated rings. The van der Waals surface area contributed by atoms with E-state index in [4.69, 9.17) is 9.47 Å². The quantitative estimate of drug-likeness (QED) is 0.713. The third-order valence-electron chi connectivity index (χ3n) is 4.63. The average Bonchev–Trinajstić information content (AvgIpc) is 3.15. The summed E-state index contributed by atoms with van der Waals surface area (Å²) in [5.41, 5.74) is 2.09. The topological polar surface area (TPSA) is 97.0 Å². The van der Waals surface area contributed by atoms with Crippen molar-refractivity contribution in [2.45, 2.75) is 31.3 Å². The fourth-order valence-corrected chi connectivity index (χ4v) is 4.02. The number of anilines is 1. The highest BCUT2D eigenvalue weighted by Gasteiger charge is 2.21. The number of hydrogen-bond donors (Lipinski definition) is 2. The van der Waals surface area contributed by atoms with Crippen molar-refractivity contribution in [2.75, 3.05) is 26.2 Å². The van der Waals surface area contributed by atoms with E-state index in [0.29, 0.717) is 29.3 Å². The number of carbonyl (C=O) groups excluding carboxylic acids is 1. The lowest BCUT2D eigenvalue weighted by Gasteiger charge is -2.18. The van der Waals surface area contributed by atoms with Crippen molar-refractivity contribution in [3.05, 3.63) is 47.5 Å². The third-order valence-corrected chi connectivity index (χ3v) is 6.58. The van der Waals surface area contributed by atoms with Crippen molar-refractivity contribution in [3.63, 3.8) is 0 Å². The van der Waals surface area contributed by atoms with E-state index in [-0.39, 0.29) is 17.6 Å². The van der Waals surface area contributed by atoms with Crippen LogP contribution < -0.4 is 20.1 Å². The van der Waals surface area contributed by atoms with Gasteiger partial charge in [0.25, 0.3) is 0 Å². The molecule has 1 aliphatic heterocycles. The molecule has 29 heavy (non-hydrogen) atoms. The highest BCUT2D eigenvalue weighted by Crippen LogP contribution is 2.32. The van der Waals surface area contributed by atoms with E-state index in [1.807, 2.05) is 18.2 Å². The molecule has 0 radical (unpaired) electrons. The molecule has 0 saturated heterocycles. The van der Waals surface area contributed by atoms with Gasteiger partial charge < -0.3 is 20.1 Å². The van der Waals surface area contributed by atoms with Gasteiger partial charge in [-0.05, 0) is 49.2 Å². The van der Waals surface area contributed by atoms with Crippen molar-refractivity contribution in [3.8, 4) is 11.5 Å². The van der Waals surface area contributed by atoms with Gasteiger partial charge in [0, 0.05) is 26.3 Å². The van der Waals surface area contributed by atoms with Crippen molar-refractivity contribution in [2.24, 2.45) is 0 Å². The number of aryl methyl sites for hydroxylation is 1. The second-order valence-corrected chi connectivity index (χ2v) is 9.16. The van der Waals surface area contributed by atoms with E-state index >= 15 is 0 Å². The molecular formula is C20H25N3O5S. The van der Waals surface area contributed by atoms with Crippen LogP contribution in [0.25, 0.3) is 0 Å². The Morgan fingerprint density at radius 1 is 1.14 bits per heavy atom. The molecule has 1 aliphatic rings. The van der Waals surface area contributed by atoms with Gasteiger partial charge in [-0.15, -0.1) is 0 Å². The van der Waals surface area contributed by atoms with Gasteiger partial charge >= 0.3 is 0 Å². The number of amides is 1. The lowest BCUT2D eigenvalue weighted by Crippen LogP contribution is -2.37. The summed E-state index contributed by atoms with van der Waals surface area (Å²) in [4.78, 5) is 12.7. The SMILES string of the molecule is Cc1ccc(N[C@H](C)C(=O)NCc2ccc3c(c2)OCO3)cc1S(=O)(=O)N(C)C. The summed E-state index contributed by atoms with van der Waals surface area (Å²) >= 11 is 0. The first-order valence-corrected chi connectivity index (χ1v) is 10.6. The molecular weight excluding hydrogens is 394 g/mol. The predicted molar refractivity (Wildman–Crippen MR) is 110 cm³/mol. The lowest BCUT2D eigenvalue weighted by molar-refractivity contribution is -0.121. The Hall–Kier alpha value is -2.78. The Balaban J connectivity index is 1.64. The summed E-state index contributed by atoms with van der Waals surface area (Å²) in [7, 11) is -0.592. The van der Waals surface area contributed by atoms with Crippen LogP contribution in [0.15, 0.2) is 41.3 Å². The lowest BCUT2D eigenvalue weighted by atomic mass is 10.2. The molecule has 9 heteroatoms. The molecule has 0 aromatic heterocycles. The number of hydrogen-bond acceptors (Lipinski definition) is 6. The van der Waals surface area contributed by atoms with Crippen LogP contribution in [0.4, 0.5) is 5.69 Å². The first-order chi connectivity index (χ1) is 13.7. The third kappa shape index (κ3) is 4.63. The Labute approximate surface area is 170 Å². The Morgan fingerprint density at radius 3 is 2.59 bits per heavy atom. The number of benzene rings is 2. The largest absolute Gasteiger partial charge is 0.454 e. The number of carbonyl (C=O) groups is 1. The molecule has 0 aliphatic carbocycles. The molecule has 0 unspecified atom stereocenters. The molecule has 3 rings (SSSR count). The molecule has 2 aromatic rings. The van der Waals surface area contributed by atoms with Gasteiger partial charge in [-0.3, -0.25) is 4.79 Å². The monoisotopic (exact) mass is 419 g/mol. The number of rotatable bonds is 7. The van der Waals surface area contributed by atoms with Crippen molar-refractivity contribution >= 4 is 21.6 Å². The van der Waals surface area contributed by atoms with Crippen LogP contribution in [0, 0.1) is 6.92 Å². The first-order valence-electron chi connectivity index (χ1n) is 9.14. The van der Waals surface area contributed by atoms with Crippen molar-refractivity contribution in [1.29, 1.82) is 0 Å². The molecule has 1 heterocycles. The van der Waals surface area contributed by atoms with Gasteiger partial charge in [0.05, 0.1) is 4.90 Å². The van der Waals surface area contributed by atoms with E-state index in [9.17, 15) is 13.2 Å². The molecule has 2 aromatic carbocycles. The number of nitrogens with zero attached hydrogens (tertiary/aromatic N) is 1. The zero-order chi connectivity index (χ0) is 21.2. The van der Waals surface area contributed by atoms with Crippen LogP contribution in [-0.2, 0) is 21.4 Å². The second-order valence-electron chi connectivity index (χ2n) is 7.04. The highest BCUT2D eigenvalue weighted by atomic mass is 32.2. The normalized spacial score (nSPS) is 14.0. The van der Waals surface area contributed by atoms with Crippen LogP contribution in [-0.4, -0.2) is 45.6 Å². The minimum atomic E-state index is -3.57. The maximum atomic E-state index is 12.5.